The third kappa shape index (κ3) is 14.4. The van der Waals surface area contributed by atoms with E-state index in [1.165, 1.54) is 13.3 Å². The molecular formula is C27H53N3O4. The van der Waals surface area contributed by atoms with Gasteiger partial charge in [-0.3, -0.25) is 19.3 Å². The Bertz CT molecular complexity index is 594. The van der Waals surface area contributed by atoms with Gasteiger partial charge in [-0.1, -0.05) is 66.0 Å². The molecule has 1 heterocycles. The zero-order valence-corrected chi connectivity index (χ0v) is 23.6. The van der Waals surface area contributed by atoms with Crippen molar-refractivity contribution >= 4 is 17.8 Å². The fourth-order valence-corrected chi connectivity index (χ4v) is 3.63. The predicted octanol–water partition coefficient (Wildman–Crippen LogP) is 4.66. The fraction of sp³-hybridized carbons (Fsp3) is 0.815. The Morgan fingerprint density at radius 3 is 2.12 bits per heavy atom. The lowest BCUT2D eigenvalue weighted by Crippen LogP contribution is -2.56. The van der Waals surface area contributed by atoms with Gasteiger partial charge in [0, 0.05) is 27.1 Å². The van der Waals surface area contributed by atoms with E-state index in [9.17, 15) is 14.4 Å². The van der Waals surface area contributed by atoms with Gasteiger partial charge in [0.25, 0.3) is 0 Å². The lowest BCUT2D eigenvalue weighted by molar-refractivity contribution is -0.140. The Kier molecular flexibility index (Phi) is 20.6. The molecule has 0 aliphatic carbocycles. The third-order valence-electron chi connectivity index (χ3n) is 5.92. The van der Waals surface area contributed by atoms with Crippen molar-refractivity contribution in [2.75, 3.05) is 33.8 Å². The highest BCUT2D eigenvalue weighted by Crippen LogP contribution is 2.23. The molecule has 7 heteroatoms. The van der Waals surface area contributed by atoms with Crippen LogP contribution in [0, 0.1) is 11.8 Å². The highest BCUT2D eigenvalue weighted by atomic mass is 16.5. The van der Waals surface area contributed by atoms with Crippen LogP contribution >= 0.6 is 0 Å². The van der Waals surface area contributed by atoms with E-state index >= 15 is 0 Å². The average Bonchev–Trinajstić information content (AvgIpc) is 2.80. The largest absolute Gasteiger partial charge is 0.466 e. The van der Waals surface area contributed by atoms with Gasteiger partial charge in [0.1, 0.15) is 6.04 Å². The Morgan fingerprint density at radius 2 is 1.74 bits per heavy atom. The summed E-state index contributed by atoms with van der Waals surface area (Å²) in [6, 6.07) is -0.576. The molecule has 1 fully saturated rings. The first-order valence-corrected chi connectivity index (χ1v) is 13.0. The monoisotopic (exact) mass is 483 g/mol. The van der Waals surface area contributed by atoms with Gasteiger partial charge in [-0.15, -0.1) is 0 Å². The molecule has 0 aromatic carbocycles. The molecule has 4 atom stereocenters. The van der Waals surface area contributed by atoms with Crippen LogP contribution in [0.3, 0.4) is 0 Å². The number of allylic oxidation sites excluding steroid dienone is 1. The van der Waals surface area contributed by atoms with Crippen LogP contribution in [0.25, 0.3) is 0 Å². The molecule has 1 aliphatic heterocycles. The van der Waals surface area contributed by atoms with Crippen molar-refractivity contribution in [2.45, 2.75) is 99.6 Å². The van der Waals surface area contributed by atoms with Gasteiger partial charge in [-0.2, -0.15) is 0 Å². The van der Waals surface area contributed by atoms with Crippen LogP contribution in [0.4, 0.5) is 0 Å². The fourth-order valence-electron chi connectivity index (χ4n) is 3.63. The number of carbonyl (C=O) groups excluding carboxylic acids is 3. The smallest absolute Gasteiger partial charge is 0.302 e. The number of piperidine rings is 1. The first kappa shape index (κ1) is 34.3. The predicted molar refractivity (Wildman–Crippen MR) is 142 cm³/mol. The number of likely N-dealkylation sites (tertiary alicyclic amines) is 1. The number of hydrogen-bond donors (Lipinski definition) is 1. The SMILES string of the molecule is C/C=C\CN(C)C(=O)C(NC(=O)[C@@H]1CC[C@H](CC)CN1C)C(C)CC.CCC.CCOC(C)=O. The zero-order valence-electron chi connectivity index (χ0n) is 23.6. The summed E-state index contributed by atoms with van der Waals surface area (Å²) in [6.07, 6.45) is 9.10. The molecule has 2 unspecified atom stereocenters. The molecule has 1 saturated heterocycles. The molecule has 0 bridgehead atoms. The van der Waals surface area contributed by atoms with Crippen LogP contribution in [0.2, 0.25) is 0 Å². The summed E-state index contributed by atoms with van der Waals surface area (Å²) in [6.45, 7) is 17.7. The molecular weight excluding hydrogens is 430 g/mol. The summed E-state index contributed by atoms with van der Waals surface area (Å²) >= 11 is 0. The van der Waals surface area contributed by atoms with E-state index in [0.717, 1.165) is 32.2 Å². The number of ether oxygens (including phenoxy) is 1. The Balaban J connectivity index is 0. The van der Waals surface area contributed by atoms with Gasteiger partial charge in [0.15, 0.2) is 0 Å². The second kappa shape index (κ2) is 20.5. The minimum atomic E-state index is -0.454. The maximum Gasteiger partial charge on any atom is 0.302 e. The molecule has 0 saturated carbocycles. The number of esters is 1. The van der Waals surface area contributed by atoms with Gasteiger partial charge >= 0.3 is 5.97 Å². The molecule has 0 radical (unpaired) electrons. The van der Waals surface area contributed by atoms with E-state index in [1.807, 2.05) is 33.0 Å². The average molecular weight is 484 g/mol. The van der Waals surface area contributed by atoms with Crippen molar-refractivity contribution in [1.29, 1.82) is 0 Å². The minimum absolute atomic E-state index is 0.00450. The van der Waals surface area contributed by atoms with Gasteiger partial charge in [0.05, 0.1) is 12.6 Å². The normalized spacial score (nSPS) is 19.6. The topological polar surface area (TPSA) is 79.0 Å². The molecule has 2 amide bonds. The first-order valence-electron chi connectivity index (χ1n) is 13.0. The van der Waals surface area contributed by atoms with Crippen molar-refractivity contribution in [1.82, 2.24) is 15.1 Å². The maximum absolute atomic E-state index is 12.8. The van der Waals surface area contributed by atoms with Crippen LogP contribution in [-0.2, 0) is 19.1 Å². The summed E-state index contributed by atoms with van der Waals surface area (Å²) < 4.78 is 4.40. The number of hydrogen-bond acceptors (Lipinski definition) is 5. The van der Waals surface area contributed by atoms with Gasteiger partial charge in [-0.05, 0) is 45.6 Å². The lowest BCUT2D eigenvalue weighted by Gasteiger charge is -2.37. The third-order valence-corrected chi connectivity index (χ3v) is 5.92. The van der Waals surface area contributed by atoms with Crippen LogP contribution in [0.5, 0.6) is 0 Å². The summed E-state index contributed by atoms with van der Waals surface area (Å²) in [5, 5.41) is 3.06. The van der Waals surface area contributed by atoms with Crippen LogP contribution in [-0.4, -0.2) is 73.5 Å². The zero-order chi connectivity index (χ0) is 26.7. The van der Waals surface area contributed by atoms with E-state index in [2.05, 4.69) is 42.6 Å². The summed E-state index contributed by atoms with van der Waals surface area (Å²) in [7, 11) is 3.81. The number of amides is 2. The highest BCUT2D eigenvalue weighted by molar-refractivity contribution is 5.90. The Morgan fingerprint density at radius 1 is 1.15 bits per heavy atom. The van der Waals surface area contributed by atoms with Crippen molar-refractivity contribution in [3.8, 4) is 0 Å². The summed E-state index contributed by atoms with van der Waals surface area (Å²) in [5.74, 6) is 0.563. The molecule has 1 N–H and O–H groups in total. The number of likely N-dealkylation sites (N-methyl/N-ethyl adjacent to an activating group) is 2. The molecule has 0 aromatic heterocycles. The minimum Gasteiger partial charge on any atom is -0.466 e. The van der Waals surface area contributed by atoms with Crippen LogP contribution < -0.4 is 5.32 Å². The molecule has 200 valence electrons. The van der Waals surface area contributed by atoms with E-state index in [1.54, 1.807) is 18.9 Å². The first-order chi connectivity index (χ1) is 16.0. The molecule has 34 heavy (non-hydrogen) atoms. The molecule has 0 aromatic rings. The number of rotatable bonds is 9. The summed E-state index contributed by atoms with van der Waals surface area (Å²) in [4.78, 5) is 39.3. The van der Waals surface area contributed by atoms with E-state index in [4.69, 9.17) is 0 Å². The molecule has 1 aliphatic rings. The standard InChI is InChI=1S/C20H37N3O2.C4H8O2.C3H8/c1-7-10-13-22(5)20(25)18(15(4)8-2)21-19(24)17-12-11-16(9-3)14-23(17)6;1-3-6-4(2)5;1-3-2/h7,10,15-18H,8-9,11-14H2,1-6H3,(H,21,24);3H2,1-2H3;3H2,1-2H3/b10-7-;;/t15?,16-,17-,18?;;/m0../s1. The maximum atomic E-state index is 12.8. The van der Waals surface area contributed by atoms with Crippen molar-refractivity contribution in [2.24, 2.45) is 11.8 Å². The van der Waals surface area contributed by atoms with E-state index < -0.39 is 6.04 Å². The summed E-state index contributed by atoms with van der Waals surface area (Å²) in [5.41, 5.74) is 0. The molecule has 1 rings (SSSR count). The van der Waals surface area contributed by atoms with Crippen molar-refractivity contribution < 1.29 is 19.1 Å². The van der Waals surface area contributed by atoms with Crippen molar-refractivity contribution in [3.05, 3.63) is 12.2 Å². The van der Waals surface area contributed by atoms with Crippen LogP contribution in [0.15, 0.2) is 12.2 Å². The van der Waals surface area contributed by atoms with Gasteiger partial charge in [0.2, 0.25) is 11.8 Å². The Labute approximate surface area is 209 Å². The lowest BCUT2D eigenvalue weighted by atomic mass is 9.90. The van der Waals surface area contributed by atoms with E-state index in [-0.39, 0.29) is 29.7 Å². The number of carbonyl (C=O) groups is 3. The van der Waals surface area contributed by atoms with Gasteiger partial charge in [-0.25, -0.2) is 0 Å². The van der Waals surface area contributed by atoms with Gasteiger partial charge < -0.3 is 15.0 Å². The quantitative estimate of drug-likeness (QED) is 0.381. The highest BCUT2D eigenvalue weighted by Gasteiger charge is 2.34. The Hall–Kier alpha value is -1.89. The molecule has 7 nitrogen and oxygen atoms in total. The number of nitrogens with zero attached hydrogens (tertiary/aromatic N) is 2. The molecule has 0 spiro atoms. The van der Waals surface area contributed by atoms with Crippen molar-refractivity contribution in [3.63, 3.8) is 0 Å². The van der Waals surface area contributed by atoms with E-state index in [0.29, 0.717) is 19.1 Å². The number of nitrogens with one attached hydrogen (secondary N) is 1. The second-order valence-electron chi connectivity index (χ2n) is 9.10. The van der Waals surface area contributed by atoms with Crippen LogP contribution in [0.1, 0.15) is 87.5 Å². The second-order valence-corrected chi connectivity index (χ2v) is 9.10.